The fraction of sp³-hybridized carbons (Fsp3) is 0.188. The molecule has 0 aliphatic heterocycles. The van der Waals surface area contributed by atoms with Crippen LogP contribution in [0.1, 0.15) is 23.5 Å². The van der Waals surface area contributed by atoms with Crippen molar-refractivity contribution in [3.05, 3.63) is 65.5 Å². The summed E-state index contributed by atoms with van der Waals surface area (Å²) in [6.45, 7) is 0. The predicted octanol–water partition coefficient (Wildman–Crippen LogP) is 3.44. The molecule has 0 aromatic heterocycles. The first-order valence-corrected chi connectivity index (χ1v) is 6.21. The number of halogens is 1. The summed E-state index contributed by atoms with van der Waals surface area (Å²) < 4.78 is 18.4. The maximum absolute atomic E-state index is 13.3. The molecule has 0 fully saturated rings. The number of carboxylic acids is 1. The van der Waals surface area contributed by atoms with Crippen molar-refractivity contribution in [2.75, 3.05) is 7.11 Å². The summed E-state index contributed by atoms with van der Waals surface area (Å²) in [5.74, 6) is -0.974. The van der Waals surface area contributed by atoms with E-state index in [2.05, 4.69) is 0 Å². The fourth-order valence-corrected chi connectivity index (χ4v) is 2.16. The average molecular weight is 274 g/mol. The fourth-order valence-electron chi connectivity index (χ4n) is 2.16. The summed E-state index contributed by atoms with van der Waals surface area (Å²) in [4.78, 5) is 11.0. The van der Waals surface area contributed by atoms with Crippen molar-refractivity contribution >= 4 is 5.97 Å². The minimum Gasteiger partial charge on any atom is -0.497 e. The summed E-state index contributed by atoms with van der Waals surface area (Å²) in [5.41, 5.74) is 1.47. The van der Waals surface area contributed by atoms with Crippen LogP contribution in [-0.4, -0.2) is 18.2 Å². The molecule has 0 aliphatic carbocycles. The Balaban J connectivity index is 2.38. The molecule has 3 nitrogen and oxygen atoms in total. The van der Waals surface area contributed by atoms with Crippen LogP contribution in [0.4, 0.5) is 4.39 Å². The first kappa shape index (κ1) is 14.1. The number of benzene rings is 2. The minimum atomic E-state index is -0.921. The predicted molar refractivity (Wildman–Crippen MR) is 73.5 cm³/mol. The van der Waals surface area contributed by atoms with Gasteiger partial charge in [-0.1, -0.05) is 24.3 Å². The smallest absolute Gasteiger partial charge is 0.304 e. The lowest BCUT2D eigenvalue weighted by Crippen LogP contribution is -2.08. The van der Waals surface area contributed by atoms with Crippen LogP contribution in [0.25, 0.3) is 0 Å². The van der Waals surface area contributed by atoms with E-state index in [4.69, 9.17) is 9.84 Å². The number of methoxy groups -OCH3 is 1. The molecule has 2 aromatic rings. The van der Waals surface area contributed by atoms with Crippen LogP contribution in [0, 0.1) is 5.82 Å². The molecule has 0 radical (unpaired) electrons. The SMILES string of the molecule is COc1ccc(C(CC(=O)O)c2cccc(F)c2)cc1. The molecule has 1 unspecified atom stereocenters. The molecule has 4 heteroatoms. The molecule has 0 bridgehead atoms. The van der Waals surface area contributed by atoms with Gasteiger partial charge < -0.3 is 9.84 Å². The van der Waals surface area contributed by atoms with Gasteiger partial charge in [0.05, 0.1) is 13.5 Å². The molecule has 0 heterocycles. The molecule has 104 valence electrons. The van der Waals surface area contributed by atoms with Gasteiger partial charge in [0.2, 0.25) is 0 Å². The Morgan fingerprint density at radius 1 is 1.20 bits per heavy atom. The molecule has 2 rings (SSSR count). The Morgan fingerprint density at radius 2 is 1.90 bits per heavy atom. The molecule has 1 N–H and O–H groups in total. The number of hydrogen-bond acceptors (Lipinski definition) is 2. The van der Waals surface area contributed by atoms with Gasteiger partial charge in [-0.05, 0) is 35.4 Å². The Bertz CT molecular complexity index is 593. The second-order valence-corrected chi connectivity index (χ2v) is 4.48. The van der Waals surface area contributed by atoms with Gasteiger partial charge in [0.1, 0.15) is 11.6 Å². The highest BCUT2D eigenvalue weighted by Gasteiger charge is 2.18. The van der Waals surface area contributed by atoms with Crippen molar-refractivity contribution in [2.24, 2.45) is 0 Å². The number of hydrogen-bond donors (Lipinski definition) is 1. The summed E-state index contributed by atoms with van der Waals surface area (Å²) in [5, 5.41) is 9.06. The van der Waals surface area contributed by atoms with E-state index in [1.54, 1.807) is 43.5 Å². The third kappa shape index (κ3) is 3.35. The van der Waals surface area contributed by atoms with E-state index in [0.29, 0.717) is 11.3 Å². The third-order valence-corrected chi connectivity index (χ3v) is 3.15. The van der Waals surface area contributed by atoms with Gasteiger partial charge in [0.25, 0.3) is 0 Å². The van der Waals surface area contributed by atoms with Crippen LogP contribution in [0.15, 0.2) is 48.5 Å². The van der Waals surface area contributed by atoms with Crippen molar-refractivity contribution in [1.29, 1.82) is 0 Å². The Labute approximate surface area is 116 Å². The maximum Gasteiger partial charge on any atom is 0.304 e. The largest absolute Gasteiger partial charge is 0.497 e. The molecule has 2 aromatic carbocycles. The molecule has 20 heavy (non-hydrogen) atoms. The van der Waals surface area contributed by atoms with E-state index >= 15 is 0 Å². The van der Waals surface area contributed by atoms with E-state index < -0.39 is 5.97 Å². The van der Waals surface area contributed by atoms with Crippen LogP contribution < -0.4 is 4.74 Å². The van der Waals surface area contributed by atoms with Gasteiger partial charge in [-0.25, -0.2) is 4.39 Å². The Hall–Kier alpha value is -2.36. The normalized spacial score (nSPS) is 11.9. The molecule has 1 atom stereocenters. The van der Waals surface area contributed by atoms with Gasteiger partial charge in [-0.2, -0.15) is 0 Å². The van der Waals surface area contributed by atoms with Gasteiger partial charge in [-0.3, -0.25) is 4.79 Å². The molecular formula is C16H15FO3. The zero-order chi connectivity index (χ0) is 14.5. The monoisotopic (exact) mass is 274 g/mol. The molecule has 0 aliphatic rings. The molecule has 0 saturated carbocycles. The van der Waals surface area contributed by atoms with Crippen LogP contribution in [0.3, 0.4) is 0 Å². The Morgan fingerprint density at radius 3 is 2.45 bits per heavy atom. The zero-order valence-electron chi connectivity index (χ0n) is 11.0. The summed E-state index contributed by atoms with van der Waals surface area (Å²) in [6.07, 6.45) is -0.0875. The molecule has 0 spiro atoms. The maximum atomic E-state index is 13.3. The van der Waals surface area contributed by atoms with Gasteiger partial charge in [0.15, 0.2) is 0 Å². The molecule has 0 saturated heterocycles. The van der Waals surface area contributed by atoms with Gasteiger partial charge in [-0.15, -0.1) is 0 Å². The van der Waals surface area contributed by atoms with E-state index in [1.807, 2.05) is 0 Å². The standard InChI is InChI=1S/C16H15FO3/c1-20-14-7-5-11(6-8-14)15(10-16(18)19)12-3-2-4-13(17)9-12/h2-9,15H,10H2,1H3,(H,18,19). The number of carboxylic acid groups (broad SMARTS) is 1. The van der Waals surface area contributed by atoms with Crippen molar-refractivity contribution in [3.8, 4) is 5.75 Å². The second kappa shape index (κ2) is 6.19. The number of rotatable bonds is 5. The van der Waals surface area contributed by atoms with Crippen LogP contribution in [0.2, 0.25) is 0 Å². The van der Waals surface area contributed by atoms with E-state index in [1.165, 1.54) is 12.1 Å². The Kier molecular flexibility index (Phi) is 4.35. The third-order valence-electron chi connectivity index (χ3n) is 3.15. The van der Waals surface area contributed by atoms with Gasteiger partial charge >= 0.3 is 5.97 Å². The lowest BCUT2D eigenvalue weighted by molar-refractivity contribution is -0.137. The number of aliphatic carboxylic acids is 1. The van der Waals surface area contributed by atoms with Crippen LogP contribution in [-0.2, 0) is 4.79 Å². The minimum absolute atomic E-state index is 0.0875. The summed E-state index contributed by atoms with van der Waals surface area (Å²) >= 11 is 0. The molecular weight excluding hydrogens is 259 g/mol. The average Bonchev–Trinajstić information content (AvgIpc) is 2.45. The zero-order valence-corrected chi connectivity index (χ0v) is 11.0. The molecule has 0 amide bonds. The van der Waals surface area contributed by atoms with Crippen LogP contribution >= 0.6 is 0 Å². The van der Waals surface area contributed by atoms with E-state index in [9.17, 15) is 9.18 Å². The van der Waals surface area contributed by atoms with Gasteiger partial charge in [0, 0.05) is 5.92 Å². The highest BCUT2D eigenvalue weighted by Crippen LogP contribution is 2.29. The lowest BCUT2D eigenvalue weighted by Gasteiger charge is -2.16. The van der Waals surface area contributed by atoms with Crippen molar-refractivity contribution in [1.82, 2.24) is 0 Å². The topological polar surface area (TPSA) is 46.5 Å². The summed E-state index contributed by atoms with van der Waals surface area (Å²) in [6, 6.07) is 13.2. The lowest BCUT2D eigenvalue weighted by atomic mass is 9.88. The van der Waals surface area contributed by atoms with E-state index in [-0.39, 0.29) is 18.2 Å². The number of ether oxygens (including phenoxy) is 1. The van der Waals surface area contributed by atoms with Crippen LogP contribution in [0.5, 0.6) is 5.75 Å². The van der Waals surface area contributed by atoms with Crippen molar-refractivity contribution < 1.29 is 19.0 Å². The summed E-state index contributed by atoms with van der Waals surface area (Å²) in [7, 11) is 1.57. The first-order chi connectivity index (χ1) is 9.60. The number of carbonyl (C=O) groups is 1. The highest BCUT2D eigenvalue weighted by molar-refractivity contribution is 5.69. The van der Waals surface area contributed by atoms with Crippen molar-refractivity contribution in [2.45, 2.75) is 12.3 Å². The van der Waals surface area contributed by atoms with Crippen molar-refractivity contribution in [3.63, 3.8) is 0 Å². The highest BCUT2D eigenvalue weighted by atomic mass is 19.1. The quantitative estimate of drug-likeness (QED) is 0.908. The first-order valence-electron chi connectivity index (χ1n) is 6.21. The van der Waals surface area contributed by atoms with E-state index in [0.717, 1.165) is 5.56 Å². The second-order valence-electron chi connectivity index (χ2n) is 4.48.